The van der Waals surface area contributed by atoms with Gasteiger partial charge in [-0.25, -0.2) is 0 Å². The minimum atomic E-state index is -0.437. The van der Waals surface area contributed by atoms with Crippen LogP contribution in [-0.2, 0) is 5.11 Å². The summed E-state index contributed by atoms with van der Waals surface area (Å²) in [4.78, 5) is 0. The SMILES string of the molecule is [O]c1ccccc1[O-]. The summed E-state index contributed by atoms with van der Waals surface area (Å²) in [5.41, 5.74) is 0. The van der Waals surface area contributed by atoms with Crippen LogP contribution in [0.1, 0.15) is 0 Å². The van der Waals surface area contributed by atoms with Crippen molar-refractivity contribution in [3.05, 3.63) is 24.3 Å². The molecule has 0 aliphatic heterocycles. The normalized spacial score (nSPS) is 9.00. The van der Waals surface area contributed by atoms with E-state index in [9.17, 15) is 10.2 Å². The van der Waals surface area contributed by atoms with Gasteiger partial charge in [-0.3, -0.25) is 5.11 Å². The monoisotopic (exact) mass is 108 g/mol. The van der Waals surface area contributed by atoms with Crippen LogP contribution in [0.15, 0.2) is 24.3 Å². The summed E-state index contributed by atoms with van der Waals surface area (Å²) < 4.78 is 0. The van der Waals surface area contributed by atoms with E-state index in [0.29, 0.717) is 0 Å². The molecule has 0 saturated heterocycles. The summed E-state index contributed by atoms with van der Waals surface area (Å²) in [7, 11) is 0. The number of benzene rings is 1. The minimum absolute atomic E-state index is 0.437. The lowest BCUT2D eigenvalue weighted by Crippen LogP contribution is -1.86. The average Bonchev–Trinajstić information content (AvgIpc) is 1.77. The van der Waals surface area contributed by atoms with Crippen LogP contribution in [0.3, 0.4) is 0 Å². The Morgan fingerprint density at radius 1 is 1.25 bits per heavy atom. The zero-order chi connectivity index (χ0) is 5.98. The van der Waals surface area contributed by atoms with Gasteiger partial charge < -0.3 is 5.11 Å². The van der Waals surface area contributed by atoms with E-state index in [1.165, 1.54) is 12.1 Å². The van der Waals surface area contributed by atoms with Gasteiger partial charge in [0, 0.05) is 0 Å². The van der Waals surface area contributed by atoms with Crippen molar-refractivity contribution in [2.24, 2.45) is 0 Å². The van der Waals surface area contributed by atoms with E-state index >= 15 is 0 Å². The first-order valence-electron chi connectivity index (χ1n) is 2.24. The van der Waals surface area contributed by atoms with Crippen LogP contribution >= 0.6 is 0 Å². The quantitative estimate of drug-likeness (QED) is 0.487. The molecular weight excluding hydrogens is 104 g/mol. The van der Waals surface area contributed by atoms with Crippen molar-refractivity contribution in [3.8, 4) is 11.5 Å². The van der Waals surface area contributed by atoms with Crippen LogP contribution in [0, 0.1) is 0 Å². The van der Waals surface area contributed by atoms with E-state index in [-0.39, 0.29) is 0 Å². The third-order valence-corrected chi connectivity index (χ3v) is 0.849. The molecule has 0 saturated carbocycles. The molecule has 1 rings (SSSR count). The maximum absolute atomic E-state index is 10.3. The van der Waals surface area contributed by atoms with Gasteiger partial charge in [-0.2, -0.15) is 0 Å². The molecule has 0 aliphatic rings. The lowest BCUT2D eigenvalue weighted by atomic mass is 10.3. The van der Waals surface area contributed by atoms with E-state index in [0.717, 1.165) is 0 Å². The second-order valence-corrected chi connectivity index (χ2v) is 1.45. The van der Waals surface area contributed by atoms with Crippen molar-refractivity contribution in [3.63, 3.8) is 0 Å². The highest BCUT2D eigenvalue weighted by Gasteiger charge is 1.84. The molecule has 1 aromatic rings. The molecule has 41 valence electrons. The van der Waals surface area contributed by atoms with Crippen LogP contribution in [-0.4, -0.2) is 0 Å². The molecule has 0 N–H and O–H groups in total. The fraction of sp³-hybridized carbons (Fsp3) is 0. The van der Waals surface area contributed by atoms with E-state index in [2.05, 4.69) is 0 Å². The van der Waals surface area contributed by atoms with Crippen molar-refractivity contribution in [1.29, 1.82) is 0 Å². The van der Waals surface area contributed by atoms with Crippen LogP contribution < -0.4 is 5.11 Å². The molecule has 0 unspecified atom stereocenters. The summed E-state index contributed by atoms with van der Waals surface area (Å²) in [5, 5.41) is 20.6. The number of para-hydroxylation sites is 2. The highest BCUT2D eigenvalue weighted by Crippen LogP contribution is 2.19. The van der Waals surface area contributed by atoms with Gasteiger partial charge in [0.15, 0.2) is 5.75 Å². The Balaban J connectivity index is 3.13. The fourth-order valence-corrected chi connectivity index (χ4v) is 0.450. The average molecular weight is 108 g/mol. The molecule has 8 heavy (non-hydrogen) atoms. The van der Waals surface area contributed by atoms with Crippen molar-refractivity contribution in [2.45, 2.75) is 0 Å². The Labute approximate surface area is 47.0 Å². The van der Waals surface area contributed by atoms with Gasteiger partial charge in [0.25, 0.3) is 0 Å². The van der Waals surface area contributed by atoms with E-state index in [4.69, 9.17) is 0 Å². The summed E-state index contributed by atoms with van der Waals surface area (Å²) in [6, 6.07) is 5.60. The maximum Gasteiger partial charge on any atom is 0.170 e. The second-order valence-electron chi connectivity index (χ2n) is 1.45. The molecule has 0 amide bonds. The topological polar surface area (TPSA) is 43.0 Å². The zero-order valence-electron chi connectivity index (χ0n) is 4.13. The molecular formula is C6H4O2-. The standard InChI is InChI=1S/C6H5O2/c7-5-3-1-2-4-6(5)8/h1-4,7H/p-1. The molecule has 2 nitrogen and oxygen atoms in total. The van der Waals surface area contributed by atoms with Gasteiger partial charge in [0.1, 0.15) is 0 Å². The van der Waals surface area contributed by atoms with Gasteiger partial charge >= 0.3 is 0 Å². The third kappa shape index (κ3) is 0.729. The molecule has 2 heteroatoms. The Bertz CT molecular complexity index is 163. The summed E-state index contributed by atoms with van der Waals surface area (Å²) >= 11 is 0. The van der Waals surface area contributed by atoms with Crippen LogP contribution in [0.2, 0.25) is 0 Å². The minimum Gasteiger partial charge on any atom is -0.870 e. The molecule has 1 radical (unpaired) electrons. The molecule has 0 aliphatic carbocycles. The largest absolute Gasteiger partial charge is 0.870 e. The number of rotatable bonds is 0. The highest BCUT2D eigenvalue weighted by atomic mass is 16.3. The van der Waals surface area contributed by atoms with Crippen molar-refractivity contribution >= 4 is 0 Å². The zero-order valence-corrected chi connectivity index (χ0v) is 4.13. The van der Waals surface area contributed by atoms with Crippen LogP contribution in [0.4, 0.5) is 0 Å². The maximum atomic E-state index is 10.3. The molecule has 0 aromatic heterocycles. The van der Waals surface area contributed by atoms with Crippen molar-refractivity contribution < 1.29 is 10.2 Å². The number of hydrogen-bond donors (Lipinski definition) is 0. The van der Waals surface area contributed by atoms with Gasteiger partial charge in [-0.1, -0.05) is 23.9 Å². The van der Waals surface area contributed by atoms with Crippen LogP contribution in [0.25, 0.3) is 0 Å². The Morgan fingerprint density at radius 2 is 1.88 bits per heavy atom. The lowest BCUT2D eigenvalue weighted by Gasteiger charge is -2.01. The van der Waals surface area contributed by atoms with Gasteiger partial charge in [0.2, 0.25) is 0 Å². The Kier molecular flexibility index (Phi) is 1.08. The van der Waals surface area contributed by atoms with Crippen molar-refractivity contribution in [1.82, 2.24) is 0 Å². The highest BCUT2D eigenvalue weighted by molar-refractivity contribution is 5.34. The lowest BCUT2D eigenvalue weighted by molar-refractivity contribution is -0.270. The Hall–Kier alpha value is -1.18. The first-order valence-corrected chi connectivity index (χ1v) is 2.24. The summed E-state index contributed by atoms with van der Waals surface area (Å²) in [6.07, 6.45) is 0. The second kappa shape index (κ2) is 1.74. The first kappa shape index (κ1) is 4.97. The van der Waals surface area contributed by atoms with Gasteiger partial charge in [-0.15, -0.1) is 0 Å². The van der Waals surface area contributed by atoms with E-state index in [1.807, 2.05) is 0 Å². The first-order chi connectivity index (χ1) is 3.80. The number of hydrogen-bond acceptors (Lipinski definition) is 1. The smallest absolute Gasteiger partial charge is 0.170 e. The third-order valence-electron chi connectivity index (χ3n) is 0.849. The van der Waals surface area contributed by atoms with Gasteiger partial charge in [-0.05, 0) is 6.07 Å². The molecule has 0 heterocycles. The molecule has 0 bridgehead atoms. The molecule has 0 fully saturated rings. The molecule has 1 aromatic carbocycles. The van der Waals surface area contributed by atoms with E-state index < -0.39 is 11.5 Å². The fourth-order valence-electron chi connectivity index (χ4n) is 0.450. The van der Waals surface area contributed by atoms with Crippen LogP contribution in [0.5, 0.6) is 11.5 Å². The summed E-state index contributed by atoms with van der Waals surface area (Å²) in [5.74, 6) is -0.875. The van der Waals surface area contributed by atoms with E-state index in [1.54, 1.807) is 12.1 Å². The van der Waals surface area contributed by atoms with Gasteiger partial charge in [0.05, 0.1) is 0 Å². The predicted octanol–water partition coefficient (Wildman–Crippen LogP) is 0.904. The molecule has 0 spiro atoms. The Morgan fingerprint density at radius 3 is 2.25 bits per heavy atom. The van der Waals surface area contributed by atoms with Crippen molar-refractivity contribution in [2.75, 3.05) is 0 Å². The molecule has 0 atom stereocenters. The summed E-state index contributed by atoms with van der Waals surface area (Å²) in [6.45, 7) is 0. The predicted molar refractivity (Wildman–Crippen MR) is 26.0 cm³/mol.